The van der Waals surface area contributed by atoms with Crippen LogP contribution in [0.25, 0.3) is 0 Å². The van der Waals surface area contributed by atoms with Crippen LogP contribution in [0.2, 0.25) is 0 Å². The summed E-state index contributed by atoms with van der Waals surface area (Å²) in [6.45, 7) is 1.99. The molecule has 1 heterocycles. The van der Waals surface area contributed by atoms with E-state index in [2.05, 4.69) is 9.72 Å². The summed E-state index contributed by atoms with van der Waals surface area (Å²) in [5, 5.41) is 0.935. The maximum absolute atomic E-state index is 10.8. The van der Waals surface area contributed by atoms with E-state index in [9.17, 15) is 4.79 Å². The summed E-state index contributed by atoms with van der Waals surface area (Å²) in [4.78, 5) is 14.6. The zero-order valence-corrected chi connectivity index (χ0v) is 7.97. The minimum Gasteiger partial charge on any atom is -0.471 e. The first-order valence-electron chi connectivity index (χ1n) is 3.72. The van der Waals surface area contributed by atoms with Crippen molar-refractivity contribution in [2.45, 2.75) is 6.92 Å². The zero-order valence-electron chi connectivity index (χ0n) is 7.15. The molecule has 0 fully saturated rings. The average Bonchev–Trinajstić information content (AvgIpc) is 2.49. The predicted octanol–water partition coefficient (Wildman–Crippen LogP) is 0.667. The molecule has 6 heteroatoms. The molecule has 13 heavy (non-hydrogen) atoms. The van der Waals surface area contributed by atoms with E-state index >= 15 is 0 Å². The molecule has 0 aliphatic carbocycles. The van der Waals surface area contributed by atoms with Crippen molar-refractivity contribution in [1.82, 2.24) is 4.98 Å². The van der Waals surface area contributed by atoms with Gasteiger partial charge in [0, 0.05) is 0 Å². The van der Waals surface area contributed by atoms with Crippen LogP contribution < -0.4 is 10.5 Å². The van der Waals surface area contributed by atoms with Crippen LogP contribution in [-0.2, 0) is 9.53 Å². The van der Waals surface area contributed by atoms with Gasteiger partial charge in [-0.15, -0.1) is 0 Å². The molecule has 0 bridgehead atoms. The van der Waals surface area contributed by atoms with Gasteiger partial charge < -0.3 is 15.2 Å². The fourth-order valence-electron chi connectivity index (χ4n) is 0.672. The third kappa shape index (κ3) is 3.29. The Labute approximate surface area is 79.5 Å². The maximum atomic E-state index is 10.8. The number of carbonyl (C=O) groups is 1. The minimum atomic E-state index is -0.394. The highest BCUT2D eigenvalue weighted by molar-refractivity contribution is 7.17. The monoisotopic (exact) mass is 202 g/mol. The van der Waals surface area contributed by atoms with Crippen LogP contribution >= 0.6 is 11.3 Å². The van der Waals surface area contributed by atoms with Crippen molar-refractivity contribution in [2.75, 3.05) is 18.9 Å². The first-order valence-corrected chi connectivity index (χ1v) is 4.53. The number of thiazole rings is 1. The van der Waals surface area contributed by atoms with E-state index in [1.54, 1.807) is 6.92 Å². The van der Waals surface area contributed by atoms with Crippen molar-refractivity contribution in [3.8, 4) is 5.06 Å². The van der Waals surface area contributed by atoms with Crippen molar-refractivity contribution in [1.29, 1.82) is 0 Å². The molecule has 0 radical (unpaired) electrons. The summed E-state index contributed by atoms with van der Waals surface area (Å²) in [7, 11) is 0. The summed E-state index contributed by atoms with van der Waals surface area (Å²) in [5.41, 5.74) is 5.35. The van der Waals surface area contributed by atoms with E-state index in [0.29, 0.717) is 16.8 Å². The highest BCUT2D eigenvalue weighted by Crippen LogP contribution is 2.22. The number of aromatic nitrogens is 1. The topological polar surface area (TPSA) is 74.4 Å². The first kappa shape index (κ1) is 9.79. The zero-order chi connectivity index (χ0) is 9.68. The molecular weight excluding hydrogens is 192 g/mol. The molecule has 0 aliphatic heterocycles. The summed E-state index contributed by atoms with van der Waals surface area (Å²) in [6, 6.07) is 0. The molecule has 2 N–H and O–H groups in total. The number of nitrogens with two attached hydrogens (primary N) is 1. The fraction of sp³-hybridized carbons (Fsp3) is 0.429. The van der Waals surface area contributed by atoms with Gasteiger partial charge in [0.15, 0.2) is 16.8 Å². The van der Waals surface area contributed by atoms with Crippen LogP contribution in [-0.4, -0.2) is 24.2 Å². The molecule has 1 rings (SSSR count). The second-order valence-electron chi connectivity index (χ2n) is 2.11. The number of anilines is 1. The van der Waals surface area contributed by atoms with Crippen LogP contribution in [0.3, 0.4) is 0 Å². The minimum absolute atomic E-state index is 0.102. The maximum Gasteiger partial charge on any atom is 0.344 e. The number of esters is 1. The van der Waals surface area contributed by atoms with Gasteiger partial charge in [-0.2, -0.15) is 0 Å². The standard InChI is InChI=1S/C7H10N2O3S/c1-2-11-5(10)4-12-6-3-9-7(8)13-6/h3H,2,4H2,1H3,(H2,8,9). The van der Waals surface area contributed by atoms with Crippen LogP contribution in [0.1, 0.15) is 6.92 Å². The average molecular weight is 202 g/mol. The van der Waals surface area contributed by atoms with Crippen LogP contribution in [0.4, 0.5) is 5.13 Å². The molecule has 0 unspecified atom stereocenters. The fourth-order valence-corrected chi connectivity index (χ4v) is 1.21. The number of hydrogen-bond donors (Lipinski definition) is 1. The van der Waals surface area contributed by atoms with Crippen molar-refractivity contribution in [3.05, 3.63) is 6.20 Å². The number of nitrogen functional groups attached to an aromatic ring is 1. The van der Waals surface area contributed by atoms with Gasteiger partial charge in [0.25, 0.3) is 0 Å². The lowest BCUT2D eigenvalue weighted by atomic mass is 10.7. The Hall–Kier alpha value is -1.30. The molecule has 0 aliphatic rings. The van der Waals surface area contributed by atoms with E-state index in [4.69, 9.17) is 10.5 Å². The van der Waals surface area contributed by atoms with Crippen molar-refractivity contribution in [2.24, 2.45) is 0 Å². The molecule has 0 atom stereocenters. The van der Waals surface area contributed by atoms with Gasteiger partial charge in [-0.25, -0.2) is 9.78 Å². The lowest BCUT2D eigenvalue weighted by Crippen LogP contribution is -2.13. The molecule has 0 amide bonds. The van der Waals surface area contributed by atoms with Gasteiger partial charge in [0.05, 0.1) is 12.8 Å². The predicted molar refractivity (Wildman–Crippen MR) is 48.7 cm³/mol. The molecule has 1 aromatic rings. The van der Waals surface area contributed by atoms with E-state index in [1.165, 1.54) is 17.5 Å². The van der Waals surface area contributed by atoms with Gasteiger partial charge in [0.1, 0.15) is 0 Å². The van der Waals surface area contributed by atoms with Gasteiger partial charge >= 0.3 is 5.97 Å². The summed E-state index contributed by atoms with van der Waals surface area (Å²) < 4.78 is 9.70. The Morgan fingerprint density at radius 3 is 3.08 bits per heavy atom. The number of carbonyl (C=O) groups excluding carboxylic acids is 1. The second-order valence-corrected chi connectivity index (χ2v) is 3.14. The van der Waals surface area contributed by atoms with Crippen molar-refractivity contribution in [3.63, 3.8) is 0 Å². The summed E-state index contributed by atoms with van der Waals surface area (Å²) >= 11 is 1.18. The normalized spacial score (nSPS) is 9.62. The Morgan fingerprint density at radius 2 is 2.54 bits per heavy atom. The molecule has 0 saturated heterocycles. The van der Waals surface area contributed by atoms with E-state index < -0.39 is 5.97 Å². The molecule has 0 aromatic carbocycles. The number of nitrogens with zero attached hydrogens (tertiary/aromatic N) is 1. The van der Waals surface area contributed by atoms with Gasteiger partial charge in [-0.3, -0.25) is 0 Å². The number of hydrogen-bond acceptors (Lipinski definition) is 6. The molecule has 5 nitrogen and oxygen atoms in total. The van der Waals surface area contributed by atoms with Crippen LogP contribution in [0.15, 0.2) is 6.20 Å². The van der Waals surface area contributed by atoms with E-state index in [1.807, 2.05) is 0 Å². The molecule has 1 aromatic heterocycles. The van der Waals surface area contributed by atoms with Gasteiger partial charge in [0.2, 0.25) is 0 Å². The van der Waals surface area contributed by atoms with E-state index in [-0.39, 0.29) is 6.61 Å². The Morgan fingerprint density at radius 1 is 1.77 bits per heavy atom. The largest absolute Gasteiger partial charge is 0.471 e. The van der Waals surface area contributed by atoms with Crippen LogP contribution in [0, 0.1) is 0 Å². The quantitative estimate of drug-likeness (QED) is 0.726. The smallest absolute Gasteiger partial charge is 0.344 e. The Kier molecular flexibility index (Phi) is 3.51. The SMILES string of the molecule is CCOC(=O)COc1cnc(N)s1. The number of rotatable bonds is 4. The third-order valence-electron chi connectivity index (χ3n) is 1.14. The third-order valence-corrected chi connectivity index (χ3v) is 1.88. The molecule has 0 saturated carbocycles. The van der Waals surface area contributed by atoms with E-state index in [0.717, 1.165) is 0 Å². The summed E-state index contributed by atoms with van der Waals surface area (Å²) in [5.74, 6) is -0.394. The Balaban J connectivity index is 2.30. The molecular formula is C7H10N2O3S. The molecule has 72 valence electrons. The Bertz CT molecular complexity index is 287. The van der Waals surface area contributed by atoms with Gasteiger partial charge in [-0.05, 0) is 6.92 Å². The number of ether oxygens (including phenoxy) is 2. The second kappa shape index (κ2) is 4.66. The lowest BCUT2D eigenvalue weighted by molar-refractivity contribution is -0.145. The summed E-state index contributed by atoms with van der Waals surface area (Å²) in [6.07, 6.45) is 1.47. The molecule has 0 spiro atoms. The van der Waals surface area contributed by atoms with Gasteiger partial charge in [-0.1, -0.05) is 11.3 Å². The lowest BCUT2D eigenvalue weighted by Gasteiger charge is -2.01. The highest BCUT2D eigenvalue weighted by atomic mass is 32.1. The van der Waals surface area contributed by atoms with Crippen LogP contribution in [0.5, 0.6) is 5.06 Å². The van der Waals surface area contributed by atoms with Crippen molar-refractivity contribution < 1.29 is 14.3 Å². The first-order chi connectivity index (χ1) is 6.22. The van der Waals surface area contributed by atoms with Crippen molar-refractivity contribution >= 4 is 22.4 Å². The highest BCUT2D eigenvalue weighted by Gasteiger charge is 2.04.